The first-order valence-corrected chi connectivity index (χ1v) is 7.97. The van der Waals surface area contributed by atoms with Crippen LogP contribution in [0.25, 0.3) is 0 Å². The van der Waals surface area contributed by atoms with E-state index in [1.807, 2.05) is 11.3 Å². The average molecular weight is 273 g/mol. The lowest BCUT2D eigenvalue weighted by Gasteiger charge is -2.18. The molecule has 1 atom stereocenters. The third-order valence-corrected chi connectivity index (χ3v) is 4.41. The molecular weight excluding hydrogens is 250 g/mol. The number of likely N-dealkylation sites (N-methyl/N-ethyl adjacent to an activating group) is 1. The Balaban J connectivity index is 2.02. The molecule has 0 fully saturated rings. The van der Waals surface area contributed by atoms with E-state index in [9.17, 15) is 0 Å². The summed E-state index contributed by atoms with van der Waals surface area (Å²) in [5, 5.41) is 5.67. The summed E-state index contributed by atoms with van der Waals surface area (Å²) >= 11 is 1.87. The van der Waals surface area contributed by atoms with Crippen LogP contribution in [0.5, 0.6) is 0 Å². The number of hydrogen-bond donors (Lipinski definition) is 1. The van der Waals surface area contributed by atoms with E-state index in [0.29, 0.717) is 5.92 Å². The van der Waals surface area contributed by atoms with Crippen LogP contribution >= 0.6 is 11.3 Å². The highest BCUT2D eigenvalue weighted by Crippen LogP contribution is 2.23. The molecule has 0 amide bonds. The van der Waals surface area contributed by atoms with Crippen LogP contribution in [0.15, 0.2) is 41.8 Å². The van der Waals surface area contributed by atoms with E-state index in [1.165, 1.54) is 28.8 Å². The Morgan fingerprint density at radius 2 is 2.11 bits per heavy atom. The summed E-state index contributed by atoms with van der Waals surface area (Å²) in [6.07, 6.45) is 2.40. The third-order valence-electron chi connectivity index (χ3n) is 3.47. The zero-order valence-corrected chi connectivity index (χ0v) is 12.7. The number of benzene rings is 1. The lowest BCUT2D eigenvalue weighted by atomic mass is 9.92. The van der Waals surface area contributed by atoms with Crippen LogP contribution in [-0.2, 0) is 6.42 Å². The molecule has 0 aliphatic rings. The van der Waals surface area contributed by atoms with Gasteiger partial charge in [-0.05, 0) is 49.2 Å². The van der Waals surface area contributed by atoms with Gasteiger partial charge in [0.05, 0.1) is 0 Å². The Hall–Kier alpha value is -1.12. The van der Waals surface area contributed by atoms with Crippen LogP contribution in [-0.4, -0.2) is 13.1 Å². The minimum atomic E-state index is 0.613. The fourth-order valence-electron chi connectivity index (χ4n) is 2.40. The zero-order chi connectivity index (χ0) is 13.5. The van der Waals surface area contributed by atoms with Crippen molar-refractivity contribution in [1.29, 1.82) is 0 Å². The first kappa shape index (κ1) is 14.3. The monoisotopic (exact) mass is 273 g/mol. The van der Waals surface area contributed by atoms with Crippen LogP contribution < -0.4 is 5.32 Å². The molecule has 1 aromatic heterocycles. The maximum Gasteiger partial charge on any atom is 0.00454 e. The molecule has 1 nitrogen and oxygen atoms in total. The highest BCUT2D eigenvalue weighted by atomic mass is 32.1. The van der Waals surface area contributed by atoms with Gasteiger partial charge in [0, 0.05) is 11.4 Å². The standard InChI is InChI=1S/C17H23NS/c1-3-18-13-16(9-10-17-8-5-11-19-17)15-7-4-6-14(2)12-15/h4-8,11-12,16,18H,3,9-10,13H2,1-2H3. The maximum absolute atomic E-state index is 3.50. The van der Waals surface area contributed by atoms with E-state index in [4.69, 9.17) is 0 Å². The topological polar surface area (TPSA) is 12.0 Å². The van der Waals surface area contributed by atoms with E-state index >= 15 is 0 Å². The molecule has 0 spiro atoms. The van der Waals surface area contributed by atoms with E-state index in [2.05, 4.69) is 60.9 Å². The lowest BCUT2D eigenvalue weighted by Crippen LogP contribution is -2.21. The Morgan fingerprint density at radius 3 is 2.79 bits per heavy atom. The molecule has 102 valence electrons. The number of rotatable bonds is 7. The molecule has 1 N–H and O–H groups in total. The van der Waals surface area contributed by atoms with Crippen molar-refractivity contribution in [2.24, 2.45) is 0 Å². The summed E-state index contributed by atoms with van der Waals surface area (Å²) < 4.78 is 0. The molecule has 0 aliphatic heterocycles. The molecule has 1 heterocycles. The fraction of sp³-hybridized carbons (Fsp3) is 0.412. The second-order valence-corrected chi connectivity index (χ2v) is 6.07. The molecule has 1 unspecified atom stereocenters. The smallest absolute Gasteiger partial charge is 0.00454 e. The van der Waals surface area contributed by atoms with Crippen molar-refractivity contribution in [2.75, 3.05) is 13.1 Å². The molecule has 2 heteroatoms. The third kappa shape index (κ3) is 4.48. The van der Waals surface area contributed by atoms with Gasteiger partial charge in [-0.25, -0.2) is 0 Å². The average Bonchev–Trinajstić information content (AvgIpc) is 2.92. The van der Waals surface area contributed by atoms with E-state index in [1.54, 1.807) is 0 Å². The van der Waals surface area contributed by atoms with Crippen molar-refractivity contribution in [2.45, 2.75) is 32.6 Å². The van der Waals surface area contributed by atoms with E-state index in [0.717, 1.165) is 13.1 Å². The summed E-state index contributed by atoms with van der Waals surface area (Å²) in [6, 6.07) is 13.3. The normalized spacial score (nSPS) is 12.5. The van der Waals surface area contributed by atoms with Crippen molar-refractivity contribution >= 4 is 11.3 Å². The van der Waals surface area contributed by atoms with E-state index < -0.39 is 0 Å². The van der Waals surface area contributed by atoms with Crippen LogP contribution in [0.2, 0.25) is 0 Å². The van der Waals surface area contributed by atoms with Crippen LogP contribution in [0.4, 0.5) is 0 Å². The van der Waals surface area contributed by atoms with Crippen LogP contribution in [0.3, 0.4) is 0 Å². The van der Waals surface area contributed by atoms with Gasteiger partial charge in [0.25, 0.3) is 0 Å². The van der Waals surface area contributed by atoms with Gasteiger partial charge in [0.15, 0.2) is 0 Å². The predicted octanol–water partition coefficient (Wildman–Crippen LogP) is 4.38. The lowest BCUT2D eigenvalue weighted by molar-refractivity contribution is 0.563. The van der Waals surface area contributed by atoms with Gasteiger partial charge in [0.1, 0.15) is 0 Å². The summed E-state index contributed by atoms with van der Waals surface area (Å²) in [7, 11) is 0. The summed E-state index contributed by atoms with van der Waals surface area (Å²) in [5.74, 6) is 0.613. The quantitative estimate of drug-likeness (QED) is 0.789. The second-order valence-electron chi connectivity index (χ2n) is 5.04. The molecule has 19 heavy (non-hydrogen) atoms. The Morgan fingerprint density at radius 1 is 1.21 bits per heavy atom. The molecule has 0 bridgehead atoms. The maximum atomic E-state index is 3.50. The van der Waals surface area contributed by atoms with Crippen molar-refractivity contribution in [3.05, 3.63) is 57.8 Å². The molecule has 0 aliphatic carbocycles. The molecular formula is C17H23NS. The molecule has 0 saturated carbocycles. The minimum Gasteiger partial charge on any atom is -0.316 e. The van der Waals surface area contributed by atoms with Crippen molar-refractivity contribution in [1.82, 2.24) is 5.32 Å². The fourth-order valence-corrected chi connectivity index (χ4v) is 3.13. The summed E-state index contributed by atoms with van der Waals surface area (Å²) in [6.45, 7) is 6.46. The van der Waals surface area contributed by atoms with Gasteiger partial charge in [-0.15, -0.1) is 11.3 Å². The Bertz CT molecular complexity index is 476. The molecule has 2 aromatic rings. The Kier molecular flexibility index (Phi) is 5.62. The minimum absolute atomic E-state index is 0.613. The first-order chi connectivity index (χ1) is 9.29. The van der Waals surface area contributed by atoms with Crippen molar-refractivity contribution < 1.29 is 0 Å². The largest absolute Gasteiger partial charge is 0.316 e. The molecule has 0 saturated heterocycles. The van der Waals surface area contributed by atoms with Crippen molar-refractivity contribution in [3.8, 4) is 0 Å². The van der Waals surface area contributed by atoms with Gasteiger partial charge in [0.2, 0.25) is 0 Å². The van der Waals surface area contributed by atoms with Gasteiger partial charge < -0.3 is 5.32 Å². The molecule has 0 radical (unpaired) electrons. The number of hydrogen-bond acceptors (Lipinski definition) is 2. The number of thiophene rings is 1. The van der Waals surface area contributed by atoms with Gasteiger partial charge in [-0.2, -0.15) is 0 Å². The predicted molar refractivity (Wildman–Crippen MR) is 85.1 cm³/mol. The highest BCUT2D eigenvalue weighted by Gasteiger charge is 2.11. The summed E-state index contributed by atoms with van der Waals surface area (Å²) in [4.78, 5) is 1.49. The molecule has 2 rings (SSSR count). The molecule has 1 aromatic carbocycles. The van der Waals surface area contributed by atoms with E-state index in [-0.39, 0.29) is 0 Å². The van der Waals surface area contributed by atoms with Crippen LogP contribution in [0.1, 0.15) is 35.3 Å². The highest BCUT2D eigenvalue weighted by molar-refractivity contribution is 7.09. The van der Waals surface area contributed by atoms with Crippen LogP contribution in [0, 0.1) is 6.92 Å². The van der Waals surface area contributed by atoms with Gasteiger partial charge >= 0.3 is 0 Å². The SMILES string of the molecule is CCNCC(CCc1cccs1)c1cccc(C)c1. The van der Waals surface area contributed by atoms with Gasteiger partial charge in [-0.1, -0.05) is 42.8 Å². The number of nitrogens with one attached hydrogen (secondary N) is 1. The Labute approximate surface area is 120 Å². The van der Waals surface area contributed by atoms with Gasteiger partial charge in [-0.3, -0.25) is 0 Å². The number of aryl methyl sites for hydroxylation is 2. The first-order valence-electron chi connectivity index (χ1n) is 7.09. The zero-order valence-electron chi connectivity index (χ0n) is 11.9. The van der Waals surface area contributed by atoms with Crippen molar-refractivity contribution in [3.63, 3.8) is 0 Å². The summed E-state index contributed by atoms with van der Waals surface area (Å²) in [5.41, 5.74) is 2.83. The second kappa shape index (κ2) is 7.46.